The van der Waals surface area contributed by atoms with Crippen molar-refractivity contribution in [2.75, 3.05) is 5.75 Å². The van der Waals surface area contributed by atoms with Crippen LogP contribution in [0.5, 0.6) is 0 Å². The fourth-order valence-corrected chi connectivity index (χ4v) is 4.41. The van der Waals surface area contributed by atoms with Gasteiger partial charge in [0, 0.05) is 0 Å². The molecule has 0 bridgehead atoms. The van der Waals surface area contributed by atoms with Crippen LogP contribution in [0.4, 0.5) is 0 Å². The minimum Gasteiger partial charge on any atom is -0.135 e. The van der Waals surface area contributed by atoms with Crippen LogP contribution < -0.4 is 0 Å². The lowest BCUT2D eigenvalue weighted by atomic mass is 10.0. The number of hydrogen-bond donors (Lipinski definition) is 0. The lowest BCUT2D eigenvalue weighted by molar-refractivity contribution is 0.520. The molecule has 0 saturated carbocycles. The van der Waals surface area contributed by atoms with Gasteiger partial charge in [-0.1, -0.05) is 148 Å². The monoisotopic (exact) mass is 396 g/mol. The quantitative estimate of drug-likeness (QED) is 0.146. The Labute approximate surface area is 177 Å². The highest BCUT2D eigenvalue weighted by Crippen LogP contribution is 2.15. The molecule has 0 amide bonds. The van der Waals surface area contributed by atoms with Crippen LogP contribution in [0.2, 0.25) is 0 Å². The van der Waals surface area contributed by atoms with E-state index in [1.165, 1.54) is 147 Å². The Morgan fingerprint density at radius 3 is 0.963 bits per heavy atom. The highest BCUT2D eigenvalue weighted by molar-refractivity contribution is 8.02. The highest BCUT2D eigenvalue weighted by atomic mass is 32.2. The predicted octanol–water partition coefficient (Wildman–Crippen LogP) is 10.5. The van der Waals surface area contributed by atoms with Crippen molar-refractivity contribution in [3.63, 3.8) is 0 Å². The summed E-state index contributed by atoms with van der Waals surface area (Å²) in [5.41, 5.74) is 0. The van der Waals surface area contributed by atoms with Crippen LogP contribution >= 0.6 is 11.8 Å². The molecule has 0 spiro atoms. The van der Waals surface area contributed by atoms with E-state index in [0.717, 1.165) is 0 Å². The molecule has 162 valence electrons. The third kappa shape index (κ3) is 26.1. The van der Waals surface area contributed by atoms with Crippen LogP contribution in [0.15, 0.2) is 12.0 Å². The van der Waals surface area contributed by atoms with E-state index in [1.807, 2.05) is 17.2 Å². The molecule has 0 aromatic heterocycles. The Hall–Kier alpha value is 0.0900. The average Bonchev–Trinajstić information content (AvgIpc) is 2.68. The van der Waals surface area contributed by atoms with Crippen molar-refractivity contribution in [3.8, 4) is 0 Å². The minimum atomic E-state index is 1.27. The first-order chi connectivity index (χ1) is 13.4. The molecule has 0 unspecified atom stereocenters. The fraction of sp³-hybridized carbons (Fsp3) is 0.923. The molecule has 0 atom stereocenters. The van der Waals surface area contributed by atoms with E-state index in [0.29, 0.717) is 0 Å². The van der Waals surface area contributed by atoms with Crippen LogP contribution in [0.3, 0.4) is 0 Å². The summed E-state index contributed by atoms with van der Waals surface area (Å²) >= 11 is 1.86. The lowest BCUT2D eigenvalue weighted by Crippen LogP contribution is -1.84. The summed E-state index contributed by atoms with van der Waals surface area (Å²) in [7, 11) is 0. The zero-order valence-corrected chi connectivity index (χ0v) is 19.8. The van der Waals surface area contributed by atoms with E-state index in [-0.39, 0.29) is 0 Å². The molecule has 0 saturated heterocycles. The molecule has 0 aromatic rings. The summed E-state index contributed by atoms with van der Waals surface area (Å²) in [6, 6.07) is 0. The average molecular weight is 397 g/mol. The zero-order chi connectivity index (χ0) is 19.7. The van der Waals surface area contributed by atoms with Crippen LogP contribution in [0, 0.1) is 0 Å². The largest absolute Gasteiger partial charge is 0.135 e. The van der Waals surface area contributed by atoms with Crippen molar-refractivity contribution >= 4 is 11.8 Å². The Morgan fingerprint density at radius 1 is 0.444 bits per heavy atom. The maximum atomic E-state index is 3.75. The van der Waals surface area contributed by atoms with Gasteiger partial charge in [-0.15, -0.1) is 11.8 Å². The summed E-state index contributed by atoms with van der Waals surface area (Å²) < 4.78 is 0. The summed E-state index contributed by atoms with van der Waals surface area (Å²) in [6.07, 6.45) is 32.2. The Morgan fingerprint density at radius 2 is 0.704 bits per heavy atom. The van der Waals surface area contributed by atoms with Gasteiger partial charge in [-0.25, -0.2) is 0 Å². The Kier molecular flexibility index (Phi) is 26.2. The van der Waals surface area contributed by atoms with Crippen molar-refractivity contribution < 1.29 is 0 Å². The van der Waals surface area contributed by atoms with Gasteiger partial charge in [-0.3, -0.25) is 0 Å². The molecular formula is C26H52S. The molecule has 1 heteroatoms. The van der Waals surface area contributed by atoms with Crippen LogP contribution in [-0.2, 0) is 0 Å². The summed E-state index contributed by atoms with van der Waals surface area (Å²) in [5, 5.41) is 1.97. The number of unbranched alkanes of at least 4 members (excludes halogenated alkanes) is 21. The van der Waals surface area contributed by atoms with E-state index in [4.69, 9.17) is 0 Å². The molecule has 0 rings (SSSR count). The highest BCUT2D eigenvalue weighted by Gasteiger charge is 1.95. The van der Waals surface area contributed by atoms with E-state index in [2.05, 4.69) is 13.5 Å². The lowest BCUT2D eigenvalue weighted by Gasteiger charge is -2.04. The summed E-state index contributed by atoms with van der Waals surface area (Å²) in [6.45, 7) is 6.05. The molecule has 0 radical (unpaired) electrons. The number of thioether (sulfide) groups is 1. The van der Waals surface area contributed by atoms with Gasteiger partial charge in [0.25, 0.3) is 0 Å². The van der Waals surface area contributed by atoms with Crippen LogP contribution in [0.1, 0.15) is 148 Å². The Balaban J connectivity index is 2.96. The van der Waals surface area contributed by atoms with Crippen molar-refractivity contribution in [2.45, 2.75) is 148 Å². The van der Waals surface area contributed by atoms with Crippen LogP contribution in [-0.4, -0.2) is 5.75 Å². The number of rotatable bonds is 24. The van der Waals surface area contributed by atoms with Gasteiger partial charge in [0.05, 0.1) is 0 Å². The molecule has 0 aliphatic carbocycles. The minimum absolute atomic E-state index is 1.27. The summed E-state index contributed by atoms with van der Waals surface area (Å²) in [4.78, 5) is 0. The third-order valence-corrected chi connectivity index (χ3v) is 6.49. The second-order valence-electron chi connectivity index (χ2n) is 8.46. The first kappa shape index (κ1) is 27.1. The van der Waals surface area contributed by atoms with Gasteiger partial charge in [0.15, 0.2) is 0 Å². The fourth-order valence-electron chi connectivity index (χ4n) is 3.88. The maximum Gasteiger partial charge on any atom is -0.00262 e. The molecule has 0 aromatic carbocycles. The second kappa shape index (κ2) is 26.1. The maximum absolute atomic E-state index is 3.75. The topological polar surface area (TPSA) is 0 Å². The van der Waals surface area contributed by atoms with Gasteiger partial charge in [-0.2, -0.15) is 0 Å². The first-order valence-corrected chi connectivity index (χ1v) is 13.7. The molecule has 0 nitrogen and oxygen atoms in total. The standard InChI is InChI=1S/C26H52S/c1-3-5-6-7-8-9-10-11-12-13-14-15-16-17-18-19-20-21-22-23-24-25-26-27-4-2/h4H,2-3,5-26H2,1H3. The van der Waals surface area contributed by atoms with E-state index in [1.54, 1.807) is 0 Å². The van der Waals surface area contributed by atoms with E-state index in [9.17, 15) is 0 Å². The zero-order valence-electron chi connectivity index (χ0n) is 19.0. The predicted molar refractivity (Wildman–Crippen MR) is 130 cm³/mol. The SMILES string of the molecule is C=CSCCCCCCCCCCCCCCCCCCCCCCCC. The first-order valence-electron chi connectivity index (χ1n) is 12.6. The Bertz CT molecular complexity index is 261. The molecule has 0 heterocycles. The molecule has 0 N–H and O–H groups in total. The van der Waals surface area contributed by atoms with Gasteiger partial charge < -0.3 is 0 Å². The van der Waals surface area contributed by atoms with Gasteiger partial charge in [-0.05, 0) is 17.6 Å². The van der Waals surface area contributed by atoms with Crippen molar-refractivity contribution in [3.05, 3.63) is 12.0 Å². The molecule has 0 aliphatic heterocycles. The van der Waals surface area contributed by atoms with Crippen molar-refractivity contribution in [2.24, 2.45) is 0 Å². The smallest absolute Gasteiger partial charge is 0.00262 e. The van der Waals surface area contributed by atoms with Gasteiger partial charge >= 0.3 is 0 Å². The van der Waals surface area contributed by atoms with Crippen molar-refractivity contribution in [1.29, 1.82) is 0 Å². The van der Waals surface area contributed by atoms with Crippen LogP contribution in [0.25, 0.3) is 0 Å². The van der Waals surface area contributed by atoms with E-state index < -0.39 is 0 Å². The molecule has 0 aliphatic rings. The van der Waals surface area contributed by atoms with Crippen molar-refractivity contribution in [1.82, 2.24) is 0 Å². The molecular weight excluding hydrogens is 344 g/mol. The summed E-state index contributed by atoms with van der Waals surface area (Å²) in [5.74, 6) is 1.27. The molecule has 0 fully saturated rings. The number of hydrogen-bond acceptors (Lipinski definition) is 1. The molecule has 27 heavy (non-hydrogen) atoms. The third-order valence-electron chi connectivity index (χ3n) is 5.73. The van der Waals surface area contributed by atoms with E-state index >= 15 is 0 Å². The normalized spacial score (nSPS) is 11.1. The second-order valence-corrected chi connectivity index (χ2v) is 9.54. The van der Waals surface area contributed by atoms with Gasteiger partial charge in [0.2, 0.25) is 0 Å². The van der Waals surface area contributed by atoms with Gasteiger partial charge in [0.1, 0.15) is 0 Å².